The third-order valence-electron chi connectivity index (χ3n) is 5.35. The lowest BCUT2D eigenvalue weighted by Crippen LogP contribution is -2.60. The fraction of sp³-hybridized carbons (Fsp3) is 0.364. The minimum atomic E-state index is -0.974. The van der Waals surface area contributed by atoms with Crippen LogP contribution in [-0.4, -0.2) is 64.9 Å². The maximum absolute atomic E-state index is 13.2. The minimum absolute atomic E-state index is 0.0800. The second kappa shape index (κ2) is 10.6. The van der Waals surface area contributed by atoms with Crippen LogP contribution < -0.4 is 16.4 Å². The number of benzene rings is 1. The normalized spacial score (nSPS) is 19.1. The Morgan fingerprint density at radius 1 is 1.16 bits per heavy atom. The Morgan fingerprint density at radius 3 is 2.53 bits per heavy atom. The van der Waals surface area contributed by atoms with E-state index in [9.17, 15) is 19.2 Å². The van der Waals surface area contributed by atoms with Crippen LogP contribution in [0.2, 0.25) is 0 Å². The van der Waals surface area contributed by atoms with E-state index in [0.29, 0.717) is 6.42 Å². The first-order valence-corrected chi connectivity index (χ1v) is 10.3. The number of rotatable bonds is 8. The average molecular weight is 442 g/mol. The molecule has 1 aromatic carbocycles. The zero-order valence-electron chi connectivity index (χ0n) is 17.4. The molecule has 170 valence electrons. The van der Waals surface area contributed by atoms with Crippen molar-refractivity contribution < 1.29 is 28.7 Å². The topological polar surface area (TPSA) is 155 Å². The minimum Gasteiger partial charge on any atom is -0.459 e. The predicted octanol–water partition coefficient (Wildman–Crippen LogP) is -0.426. The van der Waals surface area contributed by atoms with Gasteiger partial charge in [0.25, 0.3) is 5.91 Å². The molecule has 4 amide bonds. The molecule has 3 atom stereocenters. The lowest BCUT2D eigenvalue weighted by atomic mass is 9.95. The number of aliphatic hydroxyl groups is 1. The van der Waals surface area contributed by atoms with Crippen LogP contribution in [0.1, 0.15) is 29.0 Å². The van der Waals surface area contributed by atoms with E-state index < -0.39 is 48.4 Å². The van der Waals surface area contributed by atoms with E-state index in [4.69, 9.17) is 15.3 Å². The van der Waals surface area contributed by atoms with Crippen LogP contribution in [0.15, 0.2) is 53.1 Å². The van der Waals surface area contributed by atoms with Crippen LogP contribution in [0.4, 0.5) is 0 Å². The number of nitrogens with one attached hydrogen (secondary N) is 2. The van der Waals surface area contributed by atoms with Gasteiger partial charge in [-0.3, -0.25) is 19.2 Å². The van der Waals surface area contributed by atoms with Gasteiger partial charge in [-0.2, -0.15) is 0 Å². The van der Waals surface area contributed by atoms with Gasteiger partial charge < -0.3 is 30.8 Å². The van der Waals surface area contributed by atoms with Gasteiger partial charge in [0.1, 0.15) is 18.7 Å². The van der Waals surface area contributed by atoms with Crippen LogP contribution in [0.5, 0.6) is 0 Å². The number of nitrogens with two attached hydrogens (primary N) is 1. The molecule has 32 heavy (non-hydrogen) atoms. The van der Waals surface area contributed by atoms with Gasteiger partial charge in [0.2, 0.25) is 17.7 Å². The summed E-state index contributed by atoms with van der Waals surface area (Å²) in [7, 11) is 0. The molecular formula is C22H26N4O6. The molecule has 0 spiro atoms. The molecule has 1 aliphatic rings. The van der Waals surface area contributed by atoms with Crippen molar-refractivity contribution in [2.75, 3.05) is 13.2 Å². The molecule has 5 N–H and O–H groups in total. The number of carbonyl (C=O) groups excluding carboxylic acids is 4. The van der Waals surface area contributed by atoms with Crippen LogP contribution >= 0.6 is 0 Å². The number of likely N-dealkylation sites (tertiary alicyclic amines) is 1. The number of aliphatic hydroxyl groups excluding tert-OH is 1. The fourth-order valence-corrected chi connectivity index (χ4v) is 3.74. The van der Waals surface area contributed by atoms with Gasteiger partial charge in [0, 0.05) is 19.0 Å². The van der Waals surface area contributed by atoms with Gasteiger partial charge in [-0.05, 0) is 30.5 Å². The molecule has 1 fully saturated rings. The maximum Gasteiger partial charge on any atom is 0.290 e. The zero-order valence-corrected chi connectivity index (χ0v) is 17.4. The smallest absolute Gasteiger partial charge is 0.290 e. The van der Waals surface area contributed by atoms with E-state index in [2.05, 4.69) is 10.6 Å². The molecule has 0 saturated carbocycles. The molecule has 0 bridgehead atoms. The molecule has 2 heterocycles. The third-order valence-corrected chi connectivity index (χ3v) is 5.35. The lowest BCUT2D eigenvalue weighted by Gasteiger charge is -2.38. The molecule has 1 aromatic heterocycles. The summed E-state index contributed by atoms with van der Waals surface area (Å²) in [4.78, 5) is 51.1. The summed E-state index contributed by atoms with van der Waals surface area (Å²) in [6.07, 6.45) is 2.07. The molecule has 3 unspecified atom stereocenters. The summed E-state index contributed by atoms with van der Waals surface area (Å²) < 4.78 is 5.18. The third kappa shape index (κ3) is 5.73. The number of nitrogens with zero attached hydrogens (tertiary/aromatic N) is 1. The van der Waals surface area contributed by atoms with E-state index in [1.807, 2.05) is 30.3 Å². The van der Waals surface area contributed by atoms with Crippen LogP contribution in [0, 0.1) is 0 Å². The first-order valence-electron chi connectivity index (χ1n) is 10.3. The molecule has 3 rings (SSSR count). The number of carbonyl (C=O) groups is 4. The van der Waals surface area contributed by atoms with Crippen molar-refractivity contribution in [1.82, 2.24) is 15.5 Å². The highest BCUT2D eigenvalue weighted by molar-refractivity contribution is 5.97. The summed E-state index contributed by atoms with van der Waals surface area (Å²) in [5.41, 5.74) is 6.33. The Morgan fingerprint density at radius 2 is 1.91 bits per heavy atom. The number of hydrogen-bond donors (Lipinski definition) is 4. The first kappa shape index (κ1) is 23.0. The molecule has 10 heteroatoms. The standard InChI is InChI=1S/C22H26N4O6/c23-20(29)16(11-14-5-2-1-3-6-14)25-21(30)17-12-15(24-19(28)13-27)8-9-26(17)22(31)18-7-4-10-32-18/h1-7,10,15-17,27H,8-9,11-13H2,(H2,23,29)(H,24,28)(H,25,30). The summed E-state index contributed by atoms with van der Waals surface area (Å²) in [5, 5.41) is 14.3. The van der Waals surface area contributed by atoms with Crippen molar-refractivity contribution in [1.29, 1.82) is 0 Å². The highest BCUT2D eigenvalue weighted by Crippen LogP contribution is 2.21. The second-order valence-corrected chi connectivity index (χ2v) is 7.59. The quantitative estimate of drug-likeness (QED) is 0.435. The van der Waals surface area contributed by atoms with Gasteiger partial charge in [0.15, 0.2) is 5.76 Å². The molecule has 0 aliphatic carbocycles. The number of amides is 4. The van der Waals surface area contributed by atoms with Crippen molar-refractivity contribution in [3.8, 4) is 0 Å². The number of furan rings is 1. The molecular weight excluding hydrogens is 416 g/mol. The van der Waals surface area contributed by atoms with E-state index in [1.165, 1.54) is 17.2 Å². The molecule has 0 radical (unpaired) electrons. The zero-order chi connectivity index (χ0) is 23.1. The number of piperidine rings is 1. The Balaban J connectivity index is 1.78. The average Bonchev–Trinajstić information content (AvgIpc) is 3.33. The molecule has 1 saturated heterocycles. The lowest BCUT2D eigenvalue weighted by molar-refractivity contribution is -0.132. The largest absolute Gasteiger partial charge is 0.459 e. The van der Waals surface area contributed by atoms with E-state index in [-0.39, 0.29) is 25.1 Å². The van der Waals surface area contributed by atoms with Crippen LogP contribution in [0.25, 0.3) is 0 Å². The van der Waals surface area contributed by atoms with Crippen molar-refractivity contribution in [3.63, 3.8) is 0 Å². The monoisotopic (exact) mass is 442 g/mol. The van der Waals surface area contributed by atoms with E-state index in [1.54, 1.807) is 6.07 Å². The number of hydrogen-bond acceptors (Lipinski definition) is 6. The molecule has 2 aromatic rings. The Bertz CT molecular complexity index is 947. The Labute approximate surface area is 184 Å². The van der Waals surface area contributed by atoms with Gasteiger partial charge in [-0.15, -0.1) is 0 Å². The van der Waals surface area contributed by atoms with Crippen molar-refractivity contribution in [2.45, 2.75) is 37.4 Å². The van der Waals surface area contributed by atoms with Crippen molar-refractivity contribution >= 4 is 23.6 Å². The first-order chi connectivity index (χ1) is 15.4. The highest BCUT2D eigenvalue weighted by Gasteiger charge is 2.39. The van der Waals surface area contributed by atoms with Crippen molar-refractivity contribution in [2.24, 2.45) is 5.73 Å². The van der Waals surface area contributed by atoms with Gasteiger partial charge in [-0.1, -0.05) is 30.3 Å². The predicted molar refractivity (Wildman–Crippen MR) is 113 cm³/mol. The summed E-state index contributed by atoms with van der Waals surface area (Å²) >= 11 is 0. The SMILES string of the molecule is NC(=O)C(Cc1ccccc1)NC(=O)C1CC(NC(=O)CO)CCN1C(=O)c1ccco1. The second-order valence-electron chi connectivity index (χ2n) is 7.59. The highest BCUT2D eigenvalue weighted by atomic mass is 16.3. The van der Waals surface area contributed by atoms with Gasteiger partial charge in [0.05, 0.1) is 6.26 Å². The van der Waals surface area contributed by atoms with Crippen LogP contribution in [0.3, 0.4) is 0 Å². The number of primary amides is 1. The molecule has 1 aliphatic heterocycles. The van der Waals surface area contributed by atoms with Gasteiger partial charge >= 0.3 is 0 Å². The maximum atomic E-state index is 13.2. The summed E-state index contributed by atoms with van der Waals surface area (Å²) in [5.74, 6) is -2.23. The summed E-state index contributed by atoms with van der Waals surface area (Å²) in [6, 6.07) is 9.79. The Hall–Kier alpha value is -3.66. The van der Waals surface area contributed by atoms with E-state index >= 15 is 0 Å². The van der Waals surface area contributed by atoms with Gasteiger partial charge in [-0.25, -0.2) is 0 Å². The molecule has 10 nitrogen and oxygen atoms in total. The van der Waals surface area contributed by atoms with E-state index in [0.717, 1.165) is 5.56 Å². The van der Waals surface area contributed by atoms with Crippen molar-refractivity contribution in [3.05, 3.63) is 60.1 Å². The Kier molecular flexibility index (Phi) is 7.61. The summed E-state index contributed by atoms with van der Waals surface area (Å²) in [6.45, 7) is -0.503. The van der Waals surface area contributed by atoms with Crippen LogP contribution in [-0.2, 0) is 20.8 Å². The fourth-order valence-electron chi connectivity index (χ4n) is 3.74.